The van der Waals surface area contributed by atoms with E-state index in [2.05, 4.69) is 5.32 Å². The van der Waals surface area contributed by atoms with Gasteiger partial charge in [-0.15, -0.1) is 0 Å². The van der Waals surface area contributed by atoms with Crippen LogP contribution in [0.25, 0.3) is 0 Å². The van der Waals surface area contributed by atoms with Crippen molar-refractivity contribution < 1.29 is 14.3 Å². The maximum Gasteiger partial charge on any atom is 0.325 e. The van der Waals surface area contributed by atoms with Gasteiger partial charge in [0, 0.05) is 12.6 Å². The second kappa shape index (κ2) is 8.67. The Hall–Kier alpha value is -1.39. The monoisotopic (exact) mass is 265 g/mol. The molecule has 0 unspecified atom stereocenters. The molecule has 0 saturated heterocycles. The highest BCUT2D eigenvalue weighted by Gasteiger charge is 2.22. The van der Waals surface area contributed by atoms with Crippen molar-refractivity contribution in [3.63, 3.8) is 0 Å². The van der Waals surface area contributed by atoms with E-state index in [-0.39, 0.29) is 12.0 Å². The number of rotatable bonds is 8. The van der Waals surface area contributed by atoms with Crippen LogP contribution in [-0.2, 0) is 14.3 Å². The molecule has 0 radical (unpaired) electrons. The van der Waals surface area contributed by atoms with Crippen molar-refractivity contribution in [2.45, 2.75) is 32.9 Å². The van der Waals surface area contributed by atoms with Crippen molar-refractivity contribution in [2.75, 3.05) is 19.8 Å². The van der Waals surface area contributed by atoms with E-state index in [4.69, 9.17) is 9.47 Å². The van der Waals surface area contributed by atoms with Gasteiger partial charge >= 0.3 is 5.97 Å². The highest BCUT2D eigenvalue weighted by Crippen LogP contribution is 2.12. The maximum atomic E-state index is 11.9. The molecule has 0 saturated carbocycles. The number of benzene rings is 1. The number of carbonyl (C=O) groups excluding carboxylic acids is 1. The number of esters is 1. The van der Waals surface area contributed by atoms with E-state index in [0.717, 1.165) is 5.56 Å². The molecule has 106 valence electrons. The van der Waals surface area contributed by atoms with Crippen LogP contribution in [0, 0.1) is 0 Å². The van der Waals surface area contributed by atoms with Crippen LogP contribution in [0.1, 0.15) is 32.4 Å². The van der Waals surface area contributed by atoms with Gasteiger partial charge < -0.3 is 9.47 Å². The van der Waals surface area contributed by atoms with Gasteiger partial charge in [0.05, 0.1) is 13.2 Å². The largest absolute Gasteiger partial charge is 0.465 e. The quantitative estimate of drug-likeness (QED) is 0.733. The van der Waals surface area contributed by atoms with Gasteiger partial charge in [-0.3, -0.25) is 10.1 Å². The van der Waals surface area contributed by atoms with Crippen LogP contribution in [-0.4, -0.2) is 31.8 Å². The summed E-state index contributed by atoms with van der Waals surface area (Å²) in [7, 11) is 0. The van der Waals surface area contributed by atoms with Crippen LogP contribution in [0.15, 0.2) is 30.3 Å². The molecular formula is C15H23NO3. The molecule has 4 heteroatoms. The minimum absolute atomic E-state index is 0.0658. The molecule has 0 heterocycles. The standard InChI is InChI=1S/C15H23NO3/c1-4-18-11-14(15(17)19-5-2)16-12(3)13-9-7-6-8-10-13/h6-10,12,14,16H,4-5,11H2,1-3H3/t12-,14-/m1/s1. The zero-order chi connectivity index (χ0) is 14.1. The summed E-state index contributed by atoms with van der Waals surface area (Å²) in [5, 5.41) is 3.25. The maximum absolute atomic E-state index is 11.9. The van der Waals surface area contributed by atoms with Crippen LogP contribution in [0.5, 0.6) is 0 Å². The van der Waals surface area contributed by atoms with Crippen molar-refractivity contribution in [1.29, 1.82) is 0 Å². The molecule has 1 aromatic rings. The summed E-state index contributed by atoms with van der Waals surface area (Å²) >= 11 is 0. The SMILES string of the molecule is CCOC[C@@H](N[C@H](C)c1ccccc1)C(=O)OCC. The van der Waals surface area contributed by atoms with Gasteiger partial charge in [0.15, 0.2) is 0 Å². The first kappa shape index (κ1) is 15.7. The number of hydrogen-bond acceptors (Lipinski definition) is 4. The molecule has 0 spiro atoms. The third-order valence-electron chi connectivity index (χ3n) is 2.81. The highest BCUT2D eigenvalue weighted by molar-refractivity contribution is 5.76. The molecule has 0 aliphatic carbocycles. The van der Waals surface area contributed by atoms with E-state index in [0.29, 0.717) is 19.8 Å². The fraction of sp³-hybridized carbons (Fsp3) is 0.533. The minimum atomic E-state index is -0.435. The van der Waals surface area contributed by atoms with E-state index in [1.807, 2.05) is 44.2 Å². The fourth-order valence-corrected chi connectivity index (χ4v) is 1.80. The Labute approximate surface area is 115 Å². The summed E-state index contributed by atoms with van der Waals surface area (Å²) < 4.78 is 10.4. The molecule has 19 heavy (non-hydrogen) atoms. The van der Waals surface area contributed by atoms with Crippen LogP contribution >= 0.6 is 0 Å². The van der Waals surface area contributed by atoms with Crippen molar-refractivity contribution in [2.24, 2.45) is 0 Å². The third-order valence-corrected chi connectivity index (χ3v) is 2.81. The van der Waals surface area contributed by atoms with Crippen LogP contribution in [0.4, 0.5) is 0 Å². The number of carbonyl (C=O) groups is 1. The second-order valence-corrected chi connectivity index (χ2v) is 4.26. The summed E-state index contributed by atoms with van der Waals surface area (Å²) in [4.78, 5) is 11.9. The zero-order valence-electron chi connectivity index (χ0n) is 11.9. The van der Waals surface area contributed by atoms with Crippen molar-refractivity contribution in [3.05, 3.63) is 35.9 Å². The molecule has 0 bridgehead atoms. The van der Waals surface area contributed by atoms with Gasteiger partial charge in [0.1, 0.15) is 6.04 Å². The second-order valence-electron chi connectivity index (χ2n) is 4.26. The molecule has 0 aliphatic rings. The Bertz CT molecular complexity index is 367. The molecule has 0 aromatic heterocycles. The number of nitrogens with one attached hydrogen (secondary N) is 1. The van der Waals surface area contributed by atoms with Gasteiger partial charge in [0.2, 0.25) is 0 Å². The minimum Gasteiger partial charge on any atom is -0.465 e. The highest BCUT2D eigenvalue weighted by atomic mass is 16.5. The lowest BCUT2D eigenvalue weighted by atomic mass is 10.1. The summed E-state index contributed by atoms with van der Waals surface area (Å²) in [5.41, 5.74) is 1.13. The summed E-state index contributed by atoms with van der Waals surface area (Å²) in [6, 6.07) is 9.62. The van der Waals surface area contributed by atoms with E-state index < -0.39 is 6.04 Å². The lowest BCUT2D eigenvalue weighted by molar-refractivity contribution is -0.147. The van der Waals surface area contributed by atoms with E-state index in [1.165, 1.54) is 0 Å². The Morgan fingerprint density at radius 3 is 2.47 bits per heavy atom. The molecule has 1 N–H and O–H groups in total. The predicted molar refractivity (Wildman–Crippen MR) is 74.9 cm³/mol. The average molecular weight is 265 g/mol. The molecule has 4 nitrogen and oxygen atoms in total. The van der Waals surface area contributed by atoms with Crippen molar-refractivity contribution in [3.8, 4) is 0 Å². The van der Waals surface area contributed by atoms with Gasteiger partial charge in [-0.25, -0.2) is 0 Å². The summed E-state index contributed by atoms with van der Waals surface area (Å²) in [6.45, 7) is 7.01. The zero-order valence-corrected chi connectivity index (χ0v) is 11.9. The summed E-state index contributed by atoms with van der Waals surface area (Å²) in [6.07, 6.45) is 0. The number of hydrogen-bond donors (Lipinski definition) is 1. The average Bonchev–Trinajstić information content (AvgIpc) is 2.44. The van der Waals surface area contributed by atoms with Gasteiger partial charge in [-0.1, -0.05) is 30.3 Å². The normalized spacial score (nSPS) is 13.8. The van der Waals surface area contributed by atoms with Crippen LogP contribution < -0.4 is 5.32 Å². The molecule has 1 aromatic carbocycles. The van der Waals surface area contributed by atoms with Crippen molar-refractivity contribution in [1.82, 2.24) is 5.32 Å². The number of ether oxygens (including phenoxy) is 2. The lowest BCUT2D eigenvalue weighted by Crippen LogP contribution is -2.43. The first-order valence-electron chi connectivity index (χ1n) is 6.74. The van der Waals surface area contributed by atoms with Crippen LogP contribution in [0.3, 0.4) is 0 Å². The molecule has 2 atom stereocenters. The molecule has 0 aliphatic heterocycles. The first-order valence-corrected chi connectivity index (χ1v) is 6.74. The van der Waals surface area contributed by atoms with E-state index in [9.17, 15) is 4.79 Å². The fourth-order valence-electron chi connectivity index (χ4n) is 1.80. The van der Waals surface area contributed by atoms with Gasteiger partial charge in [-0.05, 0) is 26.3 Å². The molecule has 1 rings (SSSR count). The smallest absolute Gasteiger partial charge is 0.325 e. The lowest BCUT2D eigenvalue weighted by Gasteiger charge is -2.22. The van der Waals surface area contributed by atoms with Gasteiger partial charge in [0.25, 0.3) is 0 Å². The Morgan fingerprint density at radius 1 is 1.21 bits per heavy atom. The van der Waals surface area contributed by atoms with Crippen LogP contribution in [0.2, 0.25) is 0 Å². The Morgan fingerprint density at radius 2 is 1.89 bits per heavy atom. The molecule has 0 amide bonds. The van der Waals surface area contributed by atoms with Gasteiger partial charge in [-0.2, -0.15) is 0 Å². The predicted octanol–water partition coefficient (Wildman–Crippen LogP) is 2.31. The van der Waals surface area contributed by atoms with E-state index in [1.54, 1.807) is 6.92 Å². The third kappa shape index (κ3) is 5.41. The Balaban J connectivity index is 2.63. The van der Waals surface area contributed by atoms with Crippen molar-refractivity contribution >= 4 is 5.97 Å². The Kier molecular flexibility index (Phi) is 7.15. The first-order chi connectivity index (χ1) is 9.19. The van der Waals surface area contributed by atoms with E-state index >= 15 is 0 Å². The summed E-state index contributed by atoms with van der Waals surface area (Å²) in [5.74, 6) is -0.265. The molecule has 0 fully saturated rings. The topological polar surface area (TPSA) is 47.6 Å². The molecular weight excluding hydrogens is 242 g/mol.